The predicted molar refractivity (Wildman–Crippen MR) is 94.0 cm³/mol. The van der Waals surface area contributed by atoms with Crippen LogP contribution in [0.25, 0.3) is 0 Å². The van der Waals surface area contributed by atoms with Crippen LogP contribution in [0.1, 0.15) is 45.1 Å². The lowest BCUT2D eigenvalue weighted by atomic mass is 9.84. The van der Waals surface area contributed by atoms with Gasteiger partial charge in [0.25, 0.3) is 0 Å². The molecule has 130 valence electrons. The van der Waals surface area contributed by atoms with Crippen LogP contribution in [0.3, 0.4) is 0 Å². The number of rotatable bonds is 6. The molecule has 5 nitrogen and oxygen atoms in total. The summed E-state index contributed by atoms with van der Waals surface area (Å²) in [5.41, 5.74) is 0.843. The zero-order chi connectivity index (χ0) is 17.2. The van der Waals surface area contributed by atoms with Crippen molar-refractivity contribution in [2.75, 3.05) is 7.11 Å². The van der Waals surface area contributed by atoms with Crippen LogP contribution < -0.4 is 15.2 Å². The lowest BCUT2D eigenvalue weighted by Crippen LogP contribution is -2.29. The minimum absolute atomic E-state index is 0.0842. The molecule has 0 unspecified atom stereocenters. The highest BCUT2D eigenvalue weighted by Crippen LogP contribution is 2.36. The molecule has 0 saturated heterocycles. The summed E-state index contributed by atoms with van der Waals surface area (Å²) in [5.74, 6) is 1.57. The molecule has 1 N–H and O–H groups in total. The van der Waals surface area contributed by atoms with Crippen molar-refractivity contribution in [3.05, 3.63) is 46.6 Å². The second-order valence-electron chi connectivity index (χ2n) is 7.17. The van der Waals surface area contributed by atoms with Crippen molar-refractivity contribution in [1.82, 2.24) is 9.55 Å². The third-order valence-corrected chi connectivity index (χ3v) is 4.83. The normalized spacial score (nSPS) is 15.6. The molecule has 0 atom stereocenters. The number of nitrogens with zero attached hydrogens (tertiary/aromatic N) is 1. The number of aromatic nitrogens is 2. The van der Waals surface area contributed by atoms with Gasteiger partial charge in [-0.3, -0.25) is 4.57 Å². The van der Waals surface area contributed by atoms with E-state index in [1.54, 1.807) is 24.1 Å². The van der Waals surface area contributed by atoms with Gasteiger partial charge in [0, 0.05) is 24.4 Å². The predicted octanol–water partition coefficient (Wildman–Crippen LogP) is 3.48. The van der Waals surface area contributed by atoms with Gasteiger partial charge in [0.15, 0.2) is 11.5 Å². The van der Waals surface area contributed by atoms with Gasteiger partial charge in [-0.05, 0) is 43.4 Å². The van der Waals surface area contributed by atoms with Crippen LogP contribution in [0.5, 0.6) is 11.5 Å². The zero-order valence-electron chi connectivity index (χ0n) is 14.7. The molecule has 1 fully saturated rings. The van der Waals surface area contributed by atoms with Crippen molar-refractivity contribution in [2.24, 2.45) is 0 Å². The van der Waals surface area contributed by atoms with Crippen molar-refractivity contribution in [3.8, 4) is 11.5 Å². The molecule has 0 radical (unpaired) electrons. The van der Waals surface area contributed by atoms with E-state index < -0.39 is 0 Å². The monoisotopic (exact) mass is 330 g/mol. The van der Waals surface area contributed by atoms with Gasteiger partial charge in [-0.25, -0.2) is 4.79 Å². The third kappa shape index (κ3) is 3.50. The van der Waals surface area contributed by atoms with Crippen LogP contribution in [0.4, 0.5) is 0 Å². The molecule has 5 heteroatoms. The summed E-state index contributed by atoms with van der Waals surface area (Å²) in [6, 6.07) is 6.08. The smallest absolute Gasteiger partial charge is 0.325 e. The summed E-state index contributed by atoms with van der Waals surface area (Å²) < 4.78 is 13.4. The van der Waals surface area contributed by atoms with E-state index in [9.17, 15) is 4.79 Å². The van der Waals surface area contributed by atoms with Crippen LogP contribution in [0, 0.1) is 0 Å². The van der Waals surface area contributed by atoms with E-state index in [2.05, 4.69) is 31.0 Å². The molecule has 1 saturated carbocycles. The maximum atomic E-state index is 11.8. The molecule has 0 bridgehead atoms. The standard InChI is InChI=1S/C19H26N2O3/c1-19(2,13-21-11-10-20-18(21)22)14-8-9-16(23-3)17(12-14)24-15-6-4-5-7-15/h8-12,15H,4-7,13H2,1-3H3,(H,20,22). The number of hydrogen-bond donors (Lipinski definition) is 1. The van der Waals surface area contributed by atoms with E-state index in [4.69, 9.17) is 9.47 Å². The van der Waals surface area contributed by atoms with E-state index >= 15 is 0 Å². The average molecular weight is 330 g/mol. The van der Waals surface area contributed by atoms with Crippen LogP contribution in [-0.2, 0) is 12.0 Å². The van der Waals surface area contributed by atoms with Crippen molar-refractivity contribution in [1.29, 1.82) is 0 Å². The Kier molecular flexibility index (Phi) is 4.69. The zero-order valence-corrected chi connectivity index (χ0v) is 14.7. The van der Waals surface area contributed by atoms with Gasteiger partial charge in [0.05, 0.1) is 13.2 Å². The minimum Gasteiger partial charge on any atom is -0.493 e. The van der Waals surface area contributed by atoms with Crippen LogP contribution in [0.2, 0.25) is 0 Å². The molecule has 1 heterocycles. The lowest BCUT2D eigenvalue weighted by molar-refractivity contribution is 0.200. The second kappa shape index (κ2) is 6.75. The first-order valence-corrected chi connectivity index (χ1v) is 8.58. The molecular formula is C19H26N2O3. The molecular weight excluding hydrogens is 304 g/mol. The fraction of sp³-hybridized carbons (Fsp3) is 0.526. The summed E-state index contributed by atoms with van der Waals surface area (Å²) in [7, 11) is 1.67. The van der Waals surface area contributed by atoms with Crippen molar-refractivity contribution < 1.29 is 9.47 Å². The Morgan fingerprint density at radius 2 is 2.00 bits per heavy atom. The Hall–Kier alpha value is -2.17. The van der Waals surface area contributed by atoms with Crippen molar-refractivity contribution in [3.63, 3.8) is 0 Å². The highest BCUT2D eigenvalue weighted by molar-refractivity contribution is 5.45. The minimum atomic E-state index is -0.202. The molecule has 0 spiro atoms. The third-order valence-electron chi connectivity index (χ3n) is 4.83. The summed E-state index contributed by atoms with van der Waals surface area (Å²) in [6.45, 7) is 4.87. The van der Waals surface area contributed by atoms with E-state index in [-0.39, 0.29) is 17.2 Å². The summed E-state index contributed by atoms with van der Waals surface area (Å²) in [6.07, 6.45) is 8.41. The maximum Gasteiger partial charge on any atom is 0.325 e. The molecule has 1 aliphatic carbocycles. The molecule has 0 aliphatic heterocycles. The van der Waals surface area contributed by atoms with E-state index in [0.29, 0.717) is 6.54 Å². The first-order chi connectivity index (χ1) is 11.5. The van der Waals surface area contributed by atoms with Gasteiger partial charge in [-0.1, -0.05) is 19.9 Å². The van der Waals surface area contributed by atoms with Gasteiger partial charge in [0.1, 0.15) is 0 Å². The molecule has 24 heavy (non-hydrogen) atoms. The quantitative estimate of drug-likeness (QED) is 0.882. The van der Waals surface area contributed by atoms with Gasteiger partial charge >= 0.3 is 5.69 Å². The Bertz CT molecular complexity index is 739. The lowest BCUT2D eigenvalue weighted by Gasteiger charge is -2.27. The van der Waals surface area contributed by atoms with Crippen LogP contribution in [-0.4, -0.2) is 22.8 Å². The number of aromatic amines is 1. The highest BCUT2D eigenvalue weighted by Gasteiger charge is 2.25. The number of benzene rings is 1. The van der Waals surface area contributed by atoms with Gasteiger partial charge in [-0.15, -0.1) is 0 Å². The number of ether oxygens (including phenoxy) is 2. The van der Waals surface area contributed by atoms with Gasteiger partial charge in [-0.2, -0.15) is 0 Å². The first-order valence-electron chi connectivity index (χ1n) is 8.58. The summed E-state index contributed by atoms with van der Waals surface area (Å²) in [4.78, 5) is 14.5. The number of imidazole rings is 1. The summed E-state index contributed by atoms with van der Waals surface area (Å²) >= 11 is 0. The Balaban J connectivity index is 1.86. The SMILES string of the molecule is COc1ccc(C(C)(C)Cn2cc[nH]c2=O)cc1OC1CCCC1. The largest absolute Gasteiger partial charge is 0.493 e. The molecule has 1 aromatic heterocycles. The maximum absolute atomic E-state index is 11.8. The van der Waals surface area contributed by atoms with Crippen LogP contribution >= 0.6 is 0 Å². The number of H-pyrrole nitrogens is 1. The van der Waals surface area contributed by atoms with E-state index in [0.717, 1.165) is 29.9 Å². The van der Waals surface area contributed by atoms with Gasteiger partial charge in [0.2, 0.25) is 0 Å². The van der Waals surface area contributed by atoms with E-state index in [1.165, 1.54) is 12.8 Å². The van der Waals surface area contributed by atoms with Gasteiger partial charge < -0.3 is 14.5 Å². The Morgan fingerprint density at radius 3 is 2.62 bits per heavy atom. The number of nitrogens with one attached hydrogen (secondary N) is 1. The molecule has 1 aliphatic rings. The average Bonchev–Trinajstić information content (AvgIpc) is 3.19. The van der Waals surface area contributed by atoms with E-state index in [1.807, 2.05) is 6.07 Å². The van der Waals surface area contributed by atoms with Crippen LogP contribution in [0.15, 0.2) is 35.4 Å². The fourth-order valence-corrected chi connectivity index (χ4v) is 3.37. The Morgan fingerprint density at radius 1 is 1.25 bits per heavy atom. The Labute approximate surface area is 142 Å². The van der Waals surface area contributed by atoms with Crippen molar-refractivity contribution in [2.45, 2.75) is 57.6 Å². The number of methoxy groups -OCH3 is 1. The summed E-state index contributed by atoms with van der Waals surface area (Å²) in [5, 5.41) is 0. The molecule has 1 aromatic carbocycles. The topological polar surface area (TPSA) is 56.2 Å². The number of hydrogen-bond acceptors (Lipinski definition) is 3. The molecule has 3 rings (SSSR count). The molecule has 0 amide bonds. The molecule has 2 aromatic rings. The fourth-order valence-electron chi connectivity index (χ4n) is 3.37. The first kappa shape index (κ1) is 16.7. The highest BCUT2D eigenvalue weighted by atomic mass is 16.5. The second-order valence-corrected chi connectivity index (χ2v) is 7.17. The van der Waals surface area contributed by atoms with Crippen molar-refractivity contribution >= 4 is 0 Å².